The van der Waals surface area contributed by atoms with Gasteiger partial charge in [-0.25, -0.2) is 9.97 Å². The molecule has 8 heteroatoms. The van der Waals surface area contributed by atoms with E-state index < -0.39 is 0 Å². The minimum Gasteiger partial charge on any atom is -0.493 e. The van der Waals surface area contributed by atoms with Crippen molar-refractivity contribution in [3.05, 3.63) is 42.5 Å². The van der Waals surface area contributed by atoms with Crippen molar-refractivity contribution in [1.29, 1.82) is 0 Å². The molecule has 1 saturated heterocycles. The first-order valence-electron chi connectivity index (χ1n) is 12.0. The largest absolute Gasteiger partial charge is 0.493 e. The molecule has 1 N–H and O–H groups in total. The standard InChI is InChI=1S/C26H32N6O2/c1-17-9-8-10-18(2)31(17)14-13-27-26-28-21-16-23(34-4)22(33-3)15-20(21)25-29-24(30-32(25)26)19-11-6-5-7-12-19/h5-7,11-12,15-18H,8-10,13-14H2,1-4H3,(H,27,28)/t17-,18-/m0/s1. The van der Waals surface area contributed by atoms with E-state index >= 15 is 0 Å². The molecule has 4 aromatic rings. The number of piperidine rings is 1. The molecule has 0 radical (unpaired) electrons. The van der Waals surface area contributed by atoms with Crippen molar-refractivity contribution in [2.24, 2.45) is 0 Å². The Hall–Kier alpha value is -3.39. The second-order valence-electron chi connectivity index (χ2n) is 8.99. The van der Waals surface area contributed by atoms with Gasteiger partial charge in [0, 0.05) is 42.2 Å². The van der Waals surface area contributed by atoms with Crippen molar-refractivity contribution in [1.82, 2.24) is 24.5 Å². The average Bonchev–Trinajstić information content (AvgIpc) is 3.31. The molecule has 2 atom stereocenters. The molecule has 8 nitrogen and oxygen atoms in total. The first kappa shape index (κ1) is 22.4. The fourth-order valence-corrected chi connectivity index (χ4v) is 4.97. The Morgan fingerprint density at radius 1 is 0.971 bits per heavy atom. The van der Waals surface area contributed by atoms with E-state index in [1.54, 1.807) is 18.7 Å². The lowest BCUT2D eigenvalue weighted by atomic mass is 9.98. The number of benzene rings is 2. The van der Waals surface area contributed by atoms with Crippen molar-refractivity contribution in [3.8, 4) is 22.9 Å². The SMILES string of the molecule is COc1cc2nc(NCCN3[C@@H](C)CCC[C@@H]3C)n3nc(-c4ccccc4)nc3c2cc1OC. The smallest absolute Gasteiger partial charge is 0.226 e. The Morgan fingerprint density at radius 3 is 2.38 bits per heavy atom. The van der Waals surface area contributed by atoms with Gasteiger partial charge in [0.1, 0.15) is 0 Å². The van der Waals surface area contributed by atoms with Gasteiger partial charge < -0.3 is 14.8 Å². The summed E-state index contributed by atoms with van der Waals surface area (Å²) in [6.07, 6.45) is 3.83. The molecule has 0 amide bonds. The number of hydrogen-bond acceptors (Lipinski definition) is 7. The number of rotatable bonds is 7. The maximum absolute atomic E-state index is 5.54. The number of nitrogens with one attached hydrogen (secondary N) is 1. The van der Waals surface area contributed by atoms with Crippen LogP contribution in [-0.4, -0.2) is 63.9 Å². The second kappa shape index (κ2) is 9.46. The molecular weight excluding hydrogens is 428 g/mol. The van der Waals surface area contributed by atoms with Gasteiger partial charge in [0.2, 0.25) is 5.95 Å². The molecule has 0 unspecified atom stereocenters. The number of methoxy groups -OCH3 is 2. The monoisotopic (exact) mass is 460 g/mol. The highest BCUT2D eigenvalue weighted by Crippen LogP contribution is 2.34. The number of aromatic nitrogens is 4. The molecule has 0 aliphatic carbocycles. The van der Waals surface area contributed by atoms with Gasteiger partial charge in [0.15, 0.2) is 23.0 Å². The van der Waals surface area contributed by atoms with Crippen LogP contribution in [0.3, 0.4) is 0 Å². The van der Waals surface area contributed by atoms with Crippen LogP contribution in [-0.2, 0) is 0 Å². The third-order valence-corrected chi connectivity index (χ3v) is 6.84. The molecule has 0 saturated carbocycles. The van der Waals surface area contributed by atoms with Gasteiger partial charge in [-0.15, -0.1) is 5.10 Å². The molecule has 2 aromatic heterocycles. The molecule has 1 aliphatic rings. The molecule has 34 heavy (non-hydrogen) atoms. The predicted octanol–water partition coefficient (Wildman–Crippen LogP) is 4.64. The summed E-state index contributed by atoms with van der Waals surface area (Å²) >= 11 is 0. The lowest BCUT2D eigenvalue weighted by molar-refractivity contribution is 0.109. The van der Waals surface area contributed by atoms with Crippen LogP contribution in [0.15, 0.2) is 42.5 Å². The Kier molecular flexibility index (Phi) is 6.24. The van der Waals surface area contributed by atoms with Gasteiger partial charge in [-0.05, 0) is 32.8 Å². The molecule has 0 bridgehead atoms. The van der Waals surface area contributed by atoms with Crippen LogP contribution in [0.25, 0.3) is 27.9 Å². The summed E-state index contributed by atoms with van der Waals surface area (Å²) in [6.45, 7) is 6.38. The maximum atomic E-state index is 5.54. The van der Waals surface area contributed by atoms with E-state index in [1.165, 1.54) is 19.3 Å². The van der Waals surface area contributed by atoms with Crippen molar-refractivity contribution in [2.45, 2.75) is 45.2 Å². The van der Waals surface area contributed by atoms with E-state index in [2.05, 4.69) is 24.1 Å². The second-order valence-corrected chi connectivity index (χ2v) is 8.99. The summed E-state index contributed by atoms with van der Waals surface area (Å²) in [7, 11) is 3.26. The number of anilines is 1. The molecule has 178 valence electrons. The highest BCUT2D eigenvalue weighted by atomic mass is 16.5. The van der Waals surface area contributed by atoms with Crippen LogP contribution in [0.5, 0.6) is 11.5 Å². The topological polar surface area (TPSA) is 76.8 Å². The number of fused-ring (bicyclic) bond motifs is 3. The van der Waals surface area contributed by atoms with Crippen molar-refractivity contribution < 1.29 is 9.47 Å². The Bertz CT molecular complexity index is 1280. The normalized spacial score (nSPS) is 18.9. The van der Waals surface area contributed by atoms with Crippen LogP contribution < -0.4 is 14.8 Å². The summed E-state index contributed by atoms with van der Waals surface area (Å²) in [5.74, 6) is 2.60. The Labute approximate surface area is 199 Å². The predicted molar refractivity (Wildman–Crippen MR) is 135 cm³/mol. The fraction of sp³-hybridized carbons (Fsp3) is 0.423. The first-order valence-corrected chi connectivity index (χ1v) is 12.0. The molecule has 3 heterocycles. The zero-order valence-electron chi connectivity index (χ0n) is 20.3. The van der Waals surface area contributed by atoms with Gasteiger partial charge >= 0.3 is 0 Å². The summed E-state index contributed by atoms with van der Waals surface area (Å²) in [6, 6.07) is 15.0. The number of hydrogen-bond donors (Lipinski definition) is 1. The summed E-state index contributed by atoms with van der Waals surface area (Å²) in [5.41, 5.74) is 2.47. The van der Waals surface area contributed by atoms with Crippen LogP contribution >= 0.6 is 0 Å². The van der Waals surface area contributed by atoms with Crippen molar-refractivity contribution in [3.63, 3.8) is 0 Å². The van der Waals surface area contributed by atoms with Gasteiger partial charge in [-0.3, -0.25) is 4.90 Å². The van der Waals surface area contributed by atoms with E-state index in [1.807, 2.05) is 42.5 Å². The van der Waals surface area contributed by atoms with Crippen LogP contribution in [0, 0.1) is 0 Å². The zero-order valence-corrected chi connectivity index (χ0v) is 20.3. The van der Waals surface area contributed by atoms with E-state index in [4.69, 9.17) is 24.5 Å². The van der Waals surface area contributed by atoms with Gasteiger partial charge in [-0.2, -0.15) is 4.52 Å². The first-order chi connectivity index (χ1) is 16.6. The van der Waals surface area contributed by atoms with E-state index in [0.29, 0.717) is 35.4 Å². The number of likely N-dealkylation sites (tertiary alicyclic amines) is 1. The molecule has 2 aromatic carbocycles. The zero-order chi connectivity index (χ0) is 23.7. The highest BCUT2D eigenvalue weighted by molar-refractivity contribution is 5.95. The third kappa shape index (κ3) is 4.14. The van der Waals surface area contributed by atoms with Gasteiger partial charge in [-0.1, -0.05) is 36.8 Å². The van der Waals surface area contributed by atoms with Crippen LogP contribution in [0.1, 0.15) is 33.1 Å². The summed E-state index contributed by atoms with van der Waals surface area (Å²) in [4.78, 5) is 12.4. The molecular formula is C26H32N6O2. The summed E-state index contributed by atoms with van der Waals surface area (Å²) in [5, 5.41) is 9.21. The van der Waals surface area contributed by atoms with Crippen LogP contribution in [0.2, 0.25) is 0 Å². The van der Waals surface area contributed by atoms with Gasteiger partial charge in [0.05, 0.1) is 19.7 Å². The molecule has 1 aliphatic heterocycles. The lowest BCUT2D eigenvalue weighted by Crippen LogP contribution is -2.45. The molecule has 1 fully saturated rings. The van der Waals surface area contributed by atoms with Gasteiger partial charge in [0.25, 0.3) is 0 Å². The average molecular weight is 461 g/mol. The Balaban J connectivity index is 1.55. The number of ether oxygens (including phenoxy) is 2. The highest BCUT2D eigenvalue weighted by Gasteiger charge is 2.24. The quantitative estimate of drug-likeness (QED) is 0.431. The van der Waals surface area contributed by atoms with E-state index in [0.717, 1.165) is 35.2 Å². The number of nitrogens with zero attached hydrogens (tertiary/aromatic N) is 5. The fourth-order valence-electron chi connectivity index (χ4n) is 4.97. The van der Waals surface area contributed by atoms with Crippen molar-refractivity contribution >= 4 is 22.5 Å². The third-order valence-electron chi connectivity index (χ3n) is 6.84. The Morgan fingerprint density at radius 2 is 1.68 bits per heavy atom. The van der Waals surface area contributed by atoms with Crippen molar-refractivity contribution in [2.75, 3.05) is 32.6 Å². The van der Waals surface area contributed by atoms with E-state index in [9.17, 15) is 0 Å². The molecule has 5 rings (SSSR count). The van der Waals surface area contributed by atoms with E-state index in [-0.39, 0.29) is 0 Å². The minimum absolute atomic E-state index is 0.600. The molecule has 0 spiro atoms. The maximum Gasteiger partial charge on any atom is 0.226 e. The van der Waals surface area contributed by atoms with Crippen LogP contribution in [0.4, 0.5) is 5.95 Å². The lowest BCUT2D eigenvalue weighted by Gasteiger charge is -2.39. The minimum atomic E-state index is 0.600. The summed E-state index contributed by atoms with van der Waals surface area (Å²) < 4.78 is 12.9.